The van der Waals surface area contributed by atoms with E-state index in [1.165, 1.54) is 16.0 Å². The van der Waals surface area contributed by atoms with Crippen LogP contribution in [-0.2, 0) is 13.5 Å². The number of methoxy groups -OCH3 is 1. The van der Waals surface area contributed by atoms with E-state index in [0.29, 0.717) is 23.7 Å². The first-order valence-corrected chi connectivity index (χ1v) is 9.25. The number of hydrogen-bond acceptors (Lipinski definition) is 5. The third-order valence-electron chi connectivity index (χ3n) is 3.96. The van der Waals surface area contributed by atoms with Gasteiger partial charge in [-0.2, -0.15) is 5.10 Å². The molecule has 0 radical (unpaired) electrons. The second-order valence-electron chi connectivity index (χ2n) is 5.82. The monoisotopic (exact) mass is 384 g/mol. The zero-order chi connectivity index (χ0) is 19.2. The largest absolute Gasteiger partial charge is 0.497 e. The van der Waals surface area contributed by atoms with Crippen LogP contribution in [0.25, 0.3) is 0 Å². The number of carbonyl (C=O) groups excluding carboxylic acids is 2. The van der Waals surface area contributed by atoms with E-state index in [1.54, 1.807) is 26.3 Å². The molecule has 0 bridgehead atoms. The van der Waals surface area contributed by atoms with Gasteiger partial charge in [-0.1, -0.05) is 18.2 Å². The molecule has 2 aromatic heterocycles. The summed E-state index contributed by atoms with van der Waals surface area (Å²) in [5, 5.41) is 11.6. The quantitative estimate of drug-likeness (QED) is 0.656. The first-order valence-electron chi connectivity index (χ1n) is 8.37. The zero-order valence-electron chi connectivity index (χ0n) is 15.1. The van der Waals surface area contributed by atoms with Crippen molar-refractivity contribution in [2.24, 2.45) is 7.05 Å². The number of rotatable bonds is 7. The zero-order valence-corrected chi connectivity index (χ0v) is 15.9. The number of aryl methyl sites for hydroxylation is 1. The fourth-order valence-corrected chi connectivity index (χ4v) is 3.10. The van der Waals surface area contributed by atoms with Gasteiger partial charge in [-0.05, 0) is 35.6 Å². The topological polar surface area (TPSA) is 85.3 Å². The third-order valence-corrected chi connectivity index (χ3v) is 4.83. The smallest absolute Gasteiger partial charge is 0.271 e. The lowest BCUT2D eigenvalue weighted by Crippen LogP contribution is -2.26. The van der Waals surface area contributed by atoms with Crippen molar-refractivity contribution < 1.29 is 14.3 Å². The maximum absolute atomic E-state index is 12.3. The van der Waals surface area contributed by atoms with E-state index in [1.807, 2.05) is 35.7 Å². The number of carbonyl (C=O) groups is 2. The number of amides is 2. The molecule has 0 saturated heterocycles. The van der Waals surface area contributed by atoms with E-state index in [2.05, 4.69) is 15.7 Å². The van der Waals surface area contributed by atoms with Crippen molar-refractivity contribution in [2.75, 3.05) is 19.0 Å². The van der Waals surface area contributed by atoms with E-state index >= 15 is 0 Å². The second-order valence-corrected chi connectivity index (χ2v) is 6.77. The predicted molar refractivity (Wildman–Crippen MR) is 105 cm³/mol. The van der Waals surface area contributed by atoms with Crippen LogP contribution in [0.5, 0.6) is 5.75 Å². The molecule has 0 atom stereocenters. The van der Waals surface area contributed by atoms with E-state index in [0.717, 1.165) is 11.3 Å². The van der Waals surface area contributed by atoms with Gasteiger partial charge in [0.1, 0.15) is 11.6 Å². The standard InChI is InChI=1S/C19H20N4O3S/c1-23-17(21-19(25)16-4-3-11-27-16)12-15(22-23)18(24)20-10-9-13-5-7-14(26-2)8-6-13/h3-8,11-12H,9-10H2,1-2H3,(H,20,24)(H,21,25). The van der Waals surface area contributed by atoms with Crippen LogP contribution in [0.4, 0.5) is 5.82 Å². The highest BCUT2D eigenvalue weighted by molar-refractivity contribution is 7.12. The van der Waals surface area contributed by atoms with Gasteiger partial charge in [-0.3, -0.25) is 14.3 Å². The summed E-state index contributed by atoms with van der Waals surface area (Å²) in [4.78, 5) is 25.0. The Labute approximate surface area is 161 Å². The van der Waals surface area contributed by atoms with Crippen molar-refractivity contribution in [3.05, 3.63) is 64.0 Å². The minimum Gasteiger partial charge on any atom is -0.497 e. The number of aromatic nitrogens is 2. The van der Waals surface area contributed by atoms with Gasteiger partial charge in [-0.25, -0.2) is 0 Å². The van der Waals surface area contributed by atoms with Gasteiger partial charge in [0, 0.05) is 19.7 Å². The molecule has 27 heavy (non-hydrogen) atoms. The summed E-state index contributed by atoms with van der Waals surface area (Å²) in [6, 6.07) is 12.8. The Bertz CT molecular complexity index is 917. The average Bonchev–Trinajstić information content (AvgIpc) is 3.33. The first-order chi connectivity index (χ1) is 13.1. The minimum absolute atomic E-state index is 0.223. The molecule has 0 saturated carbocycles. The Morgan fingerprint density at radius 1 is 1.19 bits per heavy atom. The van der Waals surface area contributed by atoms with Crippen LogP contribution >= 0.6 is 11.3 Å². The number of nitrogens with one attached hydrogen (secondary N) is 2. The summed E-state index contributed by atoms with van der Waals surface area (Å²) < 4.78 is 6.60. The maximum Gasteiger partial charge on any atom is 0.271 e. The normalized spacial score (nSPS) is 10.4. The highest BCUT2D eigenvalue weighted by Gasteiger charge is 2.15. The molecular formula is C19H20N4O3S. The molecule has 3 aromatic rings. The van der Waals surface area contributed by atoms with Crippen LogP contribution in [0, 0.1) is 0 Å². The summed E-state index contributed by atoms with van der Waals surface area (Å²) in [6.07, 6.45) is 0.699. The SMILES string of the molecule is COc1ccc(CCNC(=O)c2cc(NC(=O)c3cccs3)n(C)n2)cc1. The molecule has 0 spiro atoms. The molecule has 0 unspecified atom stereocenters. The maximum atomic E-state index is 12.3. The number of thiophene rings is 1. The number of anilines is 1. The van der Waals surface area contributed by atoms with Crippen LogP contribution in [0.1, 0.15) is 25.7 Å². The molecule has 0 aliphatic heterocycles. The van der Waals surface area contributed by atoms with E-state index in [-0.39, 0.29) is 17.5 Å². The van der Waals surface area contributed by atoms with Crippen molar-refractivity contribution in [3.63, 3.8) is 0 Å². The van der Waals surface area contributed by atoms with Gasteiger partial charge < -0.3 is 15.4 Å². The highest BCUT2D eigenvalue weighted by atomic mass is 32.1. The number of hydrogen-bond donors (Lipinski definition) is 2. The van der Waals surface area contributed by atoms with E-state index < -0.39 is 0 Å². The van der Waals surface area contributed by atoms with Crippen molar-refractivity contribution in [1.29, 1.82) is 0 Å². The van der Waals surface area contributed by atoms with Crippen LogP contribution in [0.15, 0.2) is 47.8 Å². The minimum atomic E-state index is -0.282. The van der Waals surface area contributed by atoms with Crippen molar-refractivity contribution in [3.8, 4) is 5.75 Å². The van der Waals surface area contributed by atoms with Gasteiger partial charge >= 0.3 is 0 Å². The van der Waals surface area contributed by atoms with Crippen molar-refractivity contribution in [1.82, 2.24) is 15.1 Å². The molecule has 0 aliphatic carbocycles. The number of nitrogens with zero attached hydrogens (tertiary/aromatic N) is 2. The van der Waals surface area contributed by atoms with Crippen LogP contribution in [0.2, 0.25) is 0 Å². The molecule has 2 N–H and O–H groups in total. The number of benzene rings is 1. The lowest BCUT2D eigenvalue weighted by molar-refractivity contribution is 0.0947. The molecule has 2 heterocycles. The first kappa shape index (κ1) is 18.7. The fourth-order valence-electron chi connectivity index (χ4n) is 2.48. The molecular weight excluding hydrogens is 364 g/mol. The molecule has 8 heteroatoms. The van der Waals surface area contributed by atoms with Crippen molar-refractivity contribution >= 4 is 29.0 Å². The lowest BCUT2D eigenvalue weighted by atomic mass is 10.1. The molecule has 0 fully saturated rings. The Kier molecular flexibility index (Phi) is 5.87. The van der Waals surface area contributed by atoms with Crippen LogP contribution < -0.4 is 15.4 Å². The molecule has 0 aliphatic rings. The predicted octanol–water partition coefficient (Wildman–Crippen LogP) is 2.72. The summed E-state index contributed by atoms with van der Waals surface area (Å²) in [5.41, 5.74) is 1.36. The molecule has 7 nitrogen and oxygen atoms in total. The number of ether oxygens (including phenoxy) is 1. The van der Waals surface area contributed by atoms with Crippen LogP contribution in [0.3, 0.4) is 0 Å². The van der Waals surface area contributed by atoms with Crippen molar-refractivity contribution in [2.45, 2.75) is 6.42 Å². The van der Waals surface area contributed by atoms with Crippen LogP contribution in [-0.4, -0.2) is 35.2 Å². The summed E-state index contributed by atoms with van der Waals surface area (Å²) in [7, 11) is 3.30. The Hall–Kier alpha value is -3.13. The second kappa shape index (κ2) is 8.50. The molecule has 1 aromatic carbocycles. The summed E-state index contributed by atoms with van der Waals surface area (Å²) in [5.74, 6) is 0.761. The molecule has 3 rings (SSSR count). The molecule has 2 amide bonds. The highest BCUT2D eigenvalue weighted by Crippen LogP contribution is 2.14. The van der Waals surface area contributed by atoms with Gasteiger partial charge in [0.2, 0.25) is 0 Å². The van der Waals surface area contributed by atoms with Gasteiger partial charge in [0.25, 0.3) is 11.8 Å². The third kappa shape index (κ3) is 4.73. The Morgan fingerprint density at radius 3 is 2.63 bits per heavy atom. The van der Waals surface area contributed by atoms with Gasteiger partial charge in [0.15, 0.2) is 5.69 Å². The molecule has 140 valence electrons. The van der Waals surface area contributed by atoms with Gasteiger partial charge in [0.05, 0.1) is 12.0 Å². The Morgan fingerprint density at radius 2 is 1.96 bits per heavy atom. The summed E-state index contributed by atoms with van der Waals surface area (Å²) >= 11 is 1.35. The van der Waals surface area contributed by atoms with Gasteiger partial charge in [-0.15, -0.1) is 11.3 Å². The average molecular weight is 384 g/mol. The van der Waals surface area contributed by atoms with E-state index in [9.17, 15) is 9.59 Å². The fraction of sp³-hybridized carbons (Fsp3) is 0.211. The van der Waals surface area contributed by atoms with E-state index in [4.69, 9.17) is 4.74 Å². The summed E-state index contributed by atoms with van der Waals surface area (Å²) in [6.45, 7) is 0.485. The Balaban J connectivity index is 1.54. The lowest BCUT2D eigenvalue weighted by Gasteiger charge is -2.05.